The van der Waals surface area contributed by atoms with Crippen LogP contribution in [0.15, 0.2) is 24.7 Å². The Kier molecular flexibility index (Phi) is 3.06. The van der Waals surface area contributed by atoms with Gasteiger partial charge in [0, 0.05) is 48.9 Å². The molecule has 3 rings (SSSR count). The fraction of sp³-hybridized carbons (Fsp3) is 0.462. The van der Waals surface area contributed by atoms with E-state index in [-0.39, 0.29) is 0 Å². The number of nitrogens with one attached hydrogen (secondary N) is 1. The number of nitrogens with zero attached hydrogens (tertiary/aromatic N) is 4. The van der Waals surface area contributed by atoms with Gasteiger partial charge >= 0.3 is 0 Å². The van der Waals surface area contributed by atoms with Crippen LogP contribution in [0, 0.1) is 6.92 Å². The van der Waals surface area contributed by atoms with Crippen LogP contribution in [-0.4, -0.2) is 38.2 Å². The molecule has 1 fully saturated rings. The summed E-state index contributed by atoms with van der Waals surface area (Å²) in [5.74, 6) is 1.41. The zero-order chi connectivity index (χ0) is 12.4. The molecule has 0 aliphatic carbocycles. The predicted molar refractivity (Wildman–Crippen MR) is 68.0 cm³/mol. The fourth-order valence-electron chi connectivity index (χ4n) is 2.48. The van der Waals surface area contributed by atoms with E-state index in [0.29, 0.717) is 5.92 Å². The van der Waals surface area contributed by atoms with Gasteiger partial charge in [0.1, 0.15) is 5.82 Å². The van der Waals surface area contributed by atoms with Crippen LogP contribution >= 0.6 is 0 Å². The van der Waals surface area contributed by atoms with Gasteiger partial charge in [-0.25, -0.2) is 9.97 Å². The maximum atomic E-state index is 4.24. The van der Waals surface area contributed by atoms with Crippen molar-refractivity contribution in [2.45, 2.75) is 25.8 Å². The second-order valence-corrected chi connectivity index (χ2v) is 4.87. The highest BCUT2D eigenvalue weighted by molar-refractivity contribution is 5.10. The van der Waals surface area contributed by atoms with Gasteiger partial charge in [-0.2, -0.15) is 5.10 Å². The first-order valence-corrected chi connectivity index (χ1v) is 6.30. The minimum atomic E-state index is 0.582. The van der Waals surface area contributed by atoms with E-state index >= 15 is 0 Å². The van der Waals surface area contributed by atoms with Gasteiger partial charge < -0.3 is 0 Å². The van der Waals surface area contributed by atoms with Crippen LogP contribution in [0.4, 0.5) is 0 Å². The van der Waals surface area contributed by atoms with Gasteiger partial charge in [-0.05, 0) is 26.0 Å². The molecule has 0 unspecified atom stereocenters. The molecular formula is C13H17N5. The third-order valence-electron chi connectivity index (χ3n) is 3.48. The zero-order valence-corrected chi connectivity index (χ0v) is 10.5. The minimum absolute atomic E-state index is 0.582. The summed E-state index contributed by atoms with van der Waals surface area (Å²) >= 11 is 0. The Labute approximate surface area is 106 Å². The van der Waals surface area contributed by atoms with Crippen LogP contribution in [0.3, 0.4) is 0 Å². The number of aromatic amines is 1. The highest BCUT2D eigenvalue weighted by atomic mass is 15.2. The van der Waals surface area contributed by atoms with Crippen LogP contribution in [0.2, 0.25) is 0 Å². The molecule has 1 saturated heterocycles. The SMILES string of the molecule is Cc1ncc(CN2CC[C@H](c3ccn[nH]3)C2)cn1. The average molecular weight is 243 g/mol. The first-order valence-electron chi connectivity index (χ1n) is 6.30. The van der Waals surface area contributed by atoms with E-state index in [4.69, 9.17) is 0 Å². The predicted octanol–water partition coefficient (Wildman–Crippen LogP) is 1.50. The topological polar surface area (TPSA) is 57.7 Å². The molecule has 1 aliphatic heterocycles. The van der Waals surface area contributed by atoms with E-state index in [0.717, 1.165) is 25.5 Å². The molecule has 0 bridgehead atoms. The molecule has 0 amide bonds. The third-order valence-corrected chi connectivity index (χ3v) is 3.48. The van der Waals surface area contributed by atoms with Crippen molar-refractivity contribution >= 4 is 0 Å². The van der Waals surface area contributed by atoms with Crippen LogP contribution in [-0.2, 0) is 6.54 Å². The van der Waals surface area contributed by atoms with E-state index in [1.165, 1.54) is 17.7 Å². The number of likely N-dealkylation sites (tertiary alicyclic amines) is 1. The lowest BCUT2D eigenvalue weighted by Gasteiger charge is -2.15. The third kappa shape index (κ3) is 2.41. The van der Waals surface area contributed by atoms with E-state index in [2.05, 4.69) is 31.1 Å². The second-order valence-electron chi connectivity index (χ2n) is 4.87. The Bertz CT molecular complexity index is 491. The molecule has 2 aromatic rings. The maximum Gasteiger partial charge on any atom is 0.125 e. The lowest BCUT2D eigenvalue weighted by atomic mass is 10.1. The van der Waals surface area contributed by atoms with Gasteiger partial charge in [0.05, 0.1) is 0 Å². The Morgan fingerprint density at radius 2 is 2.22 bits per heavy atom. The Balaban J connectivity index is 1.61. The van der Waals surface area contributed by atoms with Crippen molar-refractivity contribution < 1.29 is 0 Å². The average Bonchev–Trinajstić information content (AvgIpc) is 3.02. The molecule has 5 nitrogen and oxygen atoms in total. The summed E-state index contributed by atoms with van der Waals surface area (Å²) in [6.07, 6.45) is 6.86. The monoisotopic (exact) mass is 243 g/mol. The number of H-pyrrole nitrogens is 1. The van der Waals surface area contributed by atoms with Crippen molar-refractivity contribution in [3.05, 3.63) is 41.7 Å². The number of aryl methyl sites for hydroxylation is 1. The van der Waals surface area contributed by atoms with Crippen molar-refractivity contribution in [2.24, 2.45) is 0 Å². The van der Waals surface area contributed by atoms with Gasteiger partial charge in [-0.3, -0.25) is 10.00 Å². The van der Waals surface area contributed by atoms with Gasteiger partial charge in [0.15, 0.2) is 0 Å². The van der Waals surface area contributed by atoms with E-state index in [1.54, 1.807) is 0 Å². The molecule has 3 heterocycles. The highest BCUT2D eigenvalue weighted by Crippen LogP contribution is 2.26. The van der Waals surface area contributed by atoms with Crippen molar-refractivity contribution in [1.29, 1.82) is 0 Å². The van der Waals surface area contributed by atoms with Crippen molar-refractivity contribution in [2.75, 3.05) is 13.1 Å². The van der Waals surface area contributed by atoms with Crippen LogP contribution in [0.1, 0.15) is 29.4 Å². The number of aromatic nitrogens is 4. The molecule has 2 aromatic heterocycles. The smallest absolute Gasteiger partial charge is 0.125 e. The number of hydrogen-bond donors (Lipinski definition) is 1. The van der Waals surface area contributed by atoms with Gasteiger partial charge in [-0.15, -0.1) is 0 Å². The molecule has 0 spiro atoms. The summed E-state index contributed by atoms with van der Waals surface area (Å²) in [7, 11) is 0. The van der Waals surface area contributed by atoms with E-state index in [9.17, 15) is 0 Å². The second kappa shape index (κ2) is 4.86. The highest BCUT2D eigenvalue weighted by Gasteiger charge is 2.24. The van der Waals surface area contributed by atoms with Crippen molar-refractivity contribution in [3.8, 4) is 0 Å². The molecule has 1 aliphatic rings. The lowest BCUT2D eigenvalue weighted by Crippen LogP contribution is -2.20. The molecule has 1 atom stereocenters. The van der Waals surface area contributed by atoms with Crippen LogP contribution < -0.4 is 0 Å². The fourth-order valence-corrected chi connectivity index (χ4v) is 2.48. The quantitative estimate of drug-likeness (QED) is 0.887. The molecule has 1 N–H and O–H groups in total. The Morgan fingerprint density at radius 3 is 2.94 bits per heavy atom. The molecule has 0 saturated carbocycles. The number of rotatable bonds is 3. The van der Waals surface area contributed by atoms with Gasteiger partial charge in [0.25, 0.3) is 0 Å². The summed E-state index contributed by atoms with van der Waals surface area (Å²) in [6.45, 7) is 5.05. The zero-order valence-electron chi connectivity index (χ0n) is 10.5. The normalized spacial score (nSPS) is 20.4. The summed E-state index contributed by atoms with van der Waals surface area (Å²) in [5, 5.41) is 7.09. The summed E-state index contributed by atoms with van der Waals surface area (Å²) < 4.78 is 0. The first-order chi connectivity index (χ1) is 8.81. The molecule has 0 aromatic carbocycles. The van der Waals surface area contributed by atoms with Crippen LogP contribution in [0.25, 0.3) is 0 Å². The minimum Gasteiger partial charge on any atom is -0.298 e. The summed E-state index contributed by atoms with van der Waals surface area (Å²) in [5.41, 5.74) is 2.43. The molecule has 94 valence electrons. The van der Waals surface area contributed by atoms with Crippen molar-refractivity contribution in [1.82, 2.24) is 25.1 Å². The maximum absolute atomic E-state index is 4.24. The van der Waals surface area contributed by atoms with Crippen LogP contribution in [0.5, 0.6) is 0 Å². The number of hydrogen-bond acceptors (Lipinski definition) is 4. The summed E-state index contributed by atoms with van der Waals surface area (Å²) in [4.78, 5) is 10.9. The Morgan fingerprint density at radius 1 is 1.39 bits per heavy atom. The molecule has 0 radical (unpaired) electrons. The first kappa shape index (κ1) is 11.3. The standard InChI is InChI=1S/C13H17N5/c1-10-14-6-11(7-15-10)8-18-5-3-12(9-18)13-2-4-16-17-13/h2,4,6-7,12H,3,5,8-9H2,1H3,(H,16,17)/t12-/m0/s1. The van der Waals surface area contributed by atoms with E-state index < -0.39 is 0 Å². The molecule has 18 heavy (non-hydrogen) atoms. The molecule has 5 heteroatoms. The summed E-state index contributed by atoms with van der Waals surface area (Å²) in [6, 6.07) is 2.07. The molecular weight excluding hydrogens is 226 g/mol. The van der Waals surface area contributed by atoms with Crippen molar-refractivity contribution in [3.63, 3.8) is 0 Å². The lowest BCUT2D eigenvalue weighted by molar-refractivity contribution is 0.325. The largest absolute Gasteiger partial charge is 0.298 e. The van der Waals surface area contributed by atoms with Gasteiger partial charge in [-0.1, -0.05) is 0 Å². The van der Waals surface area contributed by atoms with Gasteiger partial charge in [0.2, 0.25) is 0 Å². The Hall–Kier alpha value is -1.75. The van der Waals surface area contributed by atoms with E-state index in [1.807, 2.05) is 25.5 Å².